The maximum absolute atomic E-state index is 12.3. The maximum Gasteiger partial charge on any atom is 0.240 e. The third-order valence-corrected chi connectivity index (χ3v) is 6.03. The zero-order valence-corrected chi connectivity index (χ0v) is 19.1. The highest BCUT2D eigenvalue weighted by Gasteiger charge is 2.27. The molecule has 0 bridgehead atoms. The molecule has 9 heteroatoms. The van der Waals surface area contributed by atoms with E-state index in [1.54, 1.807) is 31.2 Å². The Morgan fingerprint density at radius 2 is 1.80 bits per heavy atom. The zero-order valence-electron chi connectivity index (χ0n) is 18.2. The lowest BCUT2D eigenvalue weighted by Crippen LogP contribution is -2.42. The molecular weight excluding hydrogens is 404 g/mol. The Bertz CT molecular complexity index is 963. The first-order valence-electron chi connectivity index (χ1n) is 9.93. The number of guanidine groups is 1. The van der Waals surface area contributed by atoms with Crippen molar-refractivity contribution in [2.45, 2.75) is 45.1 Å². The molecule has 2 aromatic rings. The number of sulfonamides is 1. The molecule has 2 rings (SSSR count). The maximum atomic E-state index is 12.3. The second kappa shape index (κ2) is 10.1. The first-order valence-corrected chi connectivity index (χ1v) is 11.4. The molecule has 0 aliphatic carbocycles. The van der Waals surface area contributed by atoms with Crippen molar-refractivity contribution in [3.05, 3.63) is 53.0 Å². The fourth-order valence-electron chi connectivity index (χ4n) is 2.99. The second-order valence-corrected chi connectivity index (χ2v) is 9.20. The Balaban J connectivity index is 1.93. The van der Waals surface area contributed by atoms with Crippen molar-refractivity contribution in [3.8, 4) is 0 Å². The number of aliphatic hydroxyl groups is 1. The van der Waals surface area contributed by atoms with E-state index in [9.17, 15) is 13.5 Å². The van der Waals surface area contributed by atoms with Gasteiger partial charge in [-0.2, -0.15) is 0 Å². The smallest absolute Gasteiger partial charge is 0.240 e. The van der Waals surface area contributed by atoms with Crippen LogP contribution in [0.25, 0.3) is 0 Å². The highest BCUT2D eigenvalue weighted by Crippen LogP contribution is 2.27. The molecule has 0 aliphatic rings. The monoisotopic (exact) mass is 436 g/mol. The van der Waals surface area contributed by atoms with E-state index < -0.39 is 15.6 Å². The summed E-state index contributed by atoms with van der Waals surface area (Å²) in [5, 5.41) is 17.0. The lowest BCUT2D eigenvalue weighted by atomic mass is 9.96. The number of aliphatic imine (C=N–C) groups is 1. The summed E-state index contributed by atoms with van der Waals surface area (Å²) in [5.74, 6) is 1.89. The average Bonchev–Trinajstić information content (AvgIpc) is 3.02. The highest BCUT2D eigenvalue weighted by molar-refractivity contribution is 7.89. The largest absolute Gasteiger partial charge is 0.466 e. The summed E-state index contributed by atoms with van der Waals surface area (Å²) in [6.07, 6.45) is 0. The van der Waals surface area contributed by atoms with E-state index in [-0.39, 0.29) is 18.0 Å². The van der Waals surface area contributed by atoms with E-state index in [4.69, 9.17) is 4.42 Å². The molecule has 1 aromatic carbocycles. The predicted octanol–water partition coefficient (Wildman–Crippen LogP) is 1.95. The summed E-state index contributed by atoms with van der Waals surface area (Å²) in [4.78, 5) is 4.67. The van der Waals surface area contributed by atoms with Crippen LogP contribution in [0, 0.1) is 20.8 Å². The Kier molecular flexibility index (Phi) is 8.05. The highest BCUT2D eigenvalue weighted by atomic mass is 32.2. The van der Waals surface area contributed by atoms with Crippen LogP contribution in [0.3, 0.4) is 0 Å². The van der Waals surface area contributed by atoms with E-state index in [1.807, 2.05) is 33.8 Å². The summed E-state index contributed by atoms with van der Waals surface area (Å²) in [6, 6.07) is 8.50. The van der Waals surface area contributed by atoms with Gasteiger partial charge in [-0.3, -0.25) is 0 Å². The van der Waals surface area contributed by atoms with Crippen LogP contribution in [0.2, 0.25) is 0 Å². The van der Waals surface area contributed by atoms with E-state index >= 15 is 0 Å². The minimum Gasteiger partial charge on any atom is -0.466 e. The van der Waals surface area contributed by atoms with Crippen molar-refractivity contribution in [2.24, 2.45) is 4.99 Å². The summed E-state index contributed by atoms with van der Waals surface area (Å²) in [5.41, 5.74) is 0.515. The van der Waals surface area contributed by atoms with Crippen LogP contribution < -0.4 is 15.4 Å². The van der Waals surface area contributed by atoms with Crippen molar-refractivity contribution in [1.82, 2.24) is 15.4 Å². The van der Waals surface area contributed by atoms with E-state index in [1.165, 1.54) is 0 Å². The second-order valence-electron chi connectivity index (χ2n) is 7.43. The molecule has 30 heavy (non-hydrogen) atoms. The minimum atomic E-state index is -3.56. The number of benzene rings is 1. The normalized spacial score (nSPS) is 14.4. The lowest BCUT2D eigenvalue weighted by Gasteiger charge is -2.21. The van der Waals surface area contributed by atoms with E-state index in [0.717, 1.165) is 11.3 Å². The number of hydrogen-bond acceptors (Lipinski definition) is 5. The van der Waals surface area contributed by atoms with Crippen LogP contribution in [0.5, 0.6) is 0 Å². The fraction of sp³-hybridized carbons (Fsp3) is 0.476. The van der Waals surface area contributed by atoms with Gasteiger partial charge in [-0.05, 0) is 52.8 Å². The van der Waals surface area contributed by atoms with Gasteiger partial charge in [-0.25, -0.2) is 18.1 Å². The molecule has 0 saturated carbocycles. The van der Waals surface area contributed by atoms with Gasteiger partial charge >= 0.3 is 0 Å². The van der Waals surface area contributed by atoms with E-state index in [2.05, 4.69) is 20.3 Å². The molecule has 0 saturated heterocycles. The molecule has 1 atom stereocenters. The van der Waals surface area contributed by atoms with Gasteiger partial charge in [0.2, 0.25) is 10.0 Å². The standard InChI is InChI=1S/C21H32N4O4S/c1-6-22-20(24-14-21(5,26)19-13-16(3)29-17(19)4)23-11-12-25-30(27,28)18-9-7-15(2)8-10-18/h7-10,13,25-26H,6,11-12,14H2,1-5H3,(H2,22,23,24). The number of rotatable bonds is 9. The molecule has 0 fully saturated rings. The molecule has 166 valence electrons. The molecule has 4 N–H and O–H groups in total. The number of furan rings is 1. The Hall–Kier alpha value is -2.36. The first-order chi connectivity index (χ1) is 14.0. The lowest BCUT2D eigenvalue weighted by molar-refractivity contribution is 0.0657. The van der Waals surface area contributed by atoms with Crippen molar-refractivity contribution < 1.29 is 17.9 Å². The molecule has 0 aliphatic heterocycles. The molecule has 1 unspecified atom stereocenters. The van der Waals surface area contributed by atoms with Gasteiger partial charge in [0.1, 0.15) is 17.1 Å². The molecule has 0 spiro atoms. The molecule has 8 nitrogen and oxygen atoms in total. The predicted molar refractivity (Wildman–Crippen MR) is 118 cm³/mol. The van der Waals surface area contributed by atoms with Crippen molar-refractivity contribution in [2.75, 3.05) is 26.2 Å². The van der Waals surface area contributed by atoms with Gasteiger partial charge in [-0.15, -0.1) is 0 Å². The fourth-order valence-corrected chi connectivity index (χ4v) is 4.02. The van der Waals surface area contributed by atoms with Gasteiger partial charge in [0.15, 0.2) is 5.96 Å². The van der Waals surface area contributed by atoms with Crippen LogP contribution >= 0.6 is 0 Å². The Morgan fingerprint density at radius 3 is 2.37 bits per heavy atom. The van der Waals surface area contributed by atoms with Crippen LogP contribution in [-0.4, -0.2) is 45.7 Å². The molecule has 0 radical (unpaired) electrons. The van der Waals surface area contributed by atoms with Gasteiger partial charge < -0.3 is 20.2 Å². The Morgan fingerprint density at radius 1 is 1.13 bits per heavy atom. The molecule has 0 amide bonds. The molecular formula is C21H32N4O4S. The van der Waals surface area contributed by atoms with Gasteiger partial charge in [0.25, 0.3) is 0 Å². The average molecular weight is 437 g/mol. The Labute approximate surface area is 178 Å². The van der Waals surface area contributed by atoms with Gasteiger partial charge in [0, 0.05) is 25.2 Å². The third kappa shape index (κ3) is 6.58. The van der Waals surface area contributed by atoms with Crippen molar-refractivity contribution >= 4 is 16.0 Å². The summed E-state index contributed by atoms with van der Waals surface area (Å²) in [7, 11) is -3.56. The zero-order chi connectivity index (χ0) is 22.4. The minimum absolute atomic E-state index is 0.122. The quantitative estimate of drug-likeness (QED) is 0.271. The number of aryl methyl sites for hydroxylation is 3. The summed E-state index contributed by atoms with van der Waals surface area (Å²) in [6.45, 7) is 10.4. The van der Waals surface area contributed by atoms with Crippen LogP contribution in [0.4, 0.5) is 0 Å². The summed E-state index contributed by atoms with van der Waals surface area (Å²) < 4.78 is 32.7. The first kappa shape index (κ1) is 23.9. The van der Waals surface area contributed by atoms with E-state index in [0.29, 0.717) is 30.4 Å². The molecule has 1 aromatic heterocycles. The number of hydrogen-bond donors (Lipinski definition) is 4. The third-order valence-electron chi connectivity index (χ3n) is 4.55. The van der Waals surface area contributed by atoms with Gasteiger partial charge in [0.05, 0.1) is 11.4 Å². The SMILES string of the molecule is CCNC(=NCC(C)(O)c1cc(C)oc1C)NCCNS(=O)(=O)c1ccc(C)cc1. The number of nitrogens with zero attached hydrogens (tertiary/aromatic N) is 1. The van der Waals surface area contributed by atoms with Crippen molar-refractivity contribution in [1.29, 1.82) is 0 Å². The van der Waals surface area contributed by atoms with Crippen LogP contribution in [0.15, 0.2) is 44.6 Å². The topological polar surface area (TPSA) is 116 Å². The van der Waals surface area contributed by atoms with Crippen LogP contribution in [-0.2, 0) is 15.6 Å². The molecule has 1 heterocycles. The summed E-state index contributed by atoms with van der Waals surface area (Å²) >= 11 is 0. The van der Waals surface area contributed by atoms with Gasteiger partial charge in [-0.1, -0.05) is 17.7 Å². The number of nitrogens with one attached hydrogen (secondary N) is 3. The van der Waals surface area contributed by atoms with Crippen LogP contribution in [0.1, 0.15) is 36.5 Å². The van der Waals surface area contributed by atoms with Crippen molar-refractivity contribution in [3.63, 3.8) is 0 Å².